The van der Waals surface area contributed by atoms with Crippen molar-refractivity contribution in [1.82, 2.24) is 5.32 Å². The molecule has 0 heterocycles. The molecule has 3 rings (SSSR count). The minimum Gasteiger partial charge on any atom is -0.350 e. The molecule has 2 nitrogen and oxygen atoms in total. The van der Waals surface area contributed by atoms with E-state index in [0.717, 1.165) is 25.7 Å². The summed E-state index contributed by atoms with van der Waals surface area (Å²) in [6.07, 6.45) is 10.3. The molecule has 0 spiro atoms. The molecule has 1 fully saturated rings. The number of allylic oxidation sites excluding steroid dienone is 1. The fraction of sp³-hybridized carbons (Fsp3) is 0.350. The van der Waals surface area contributed by atoms with E-state index in [-0.39, 0.29) is 5.91 Å². The van der Waals surface area contributed by atoms with Crippen molar-refractivity contribution in [2.75, 3.05) is 0 Å². The van der Waals surface area contributed by atoms with Gasteiger partial charge in [-0.2, -0.15) is 0 Å². The third-order valence-corrected chi connectivity index (χ3v) is 4.38. The van der Waals surface area contributed by atoms with Crippen LogP contribution in [0, 0.1) is 0 Å². The fourth-order valence-corrected chi connectivity index (χ4v) is 3.15. The van der Waals surface area contributed by atoms with Crippen LogP contribution in [-0.2, 0) is 11.2 Å². The molecule has 2 aromatic carbocycles. The summed E-state index contributed by atoms with van der Waals surface area (Å²) in [4.78, 5) is 11.8. The molecule has 0 saturated heterocycles. The van der Waals surface area contributed by atoms with E-state index in [1.54, 1.807) is 6.08 Å². The zero-order valence-corrected chi connectivity index (χ0v) is 12.9. The largest absolute Gasteiger partial charge is 0.350 e. The average Bonchev–Trinajstić information content (AvgIpc) is 3.04. The zero-order chi connectivity index (χ0) is 15.2. The van der Waals surface area contributed by atoms with Gasteiger partial charge in [-0.15, -0.1) is 0 Å². The van der Waals surface area contributed by atoms with Crippen LogP contribution in [-0.4, -0.2) is 11.9 Å². The summed E-state index contributed by atoms with van der Waals surface area (Å²) in [7, 11) is 0. The van der Waals surface area contributed by atoms with Gasteiger partial charge in [0.15, 0.2) is 0 Å². The van der Waals surface area contributed by atoms with E-state index in [1.807, 2.05) is 6.08 Å². The lowest BCUT2D eigenvalue weighted by Gasteiger charge is -2.09. The number of amides is 1. The highest BCUT2D eigenvalue weighted by molar-refractivity contribution is 5.87. The lowest BCUT2D eigenvalue weighted by molar-refractivity contribution is -0.117. The summed E-state index contributed by atoms with van der Waals surface area (Å²) >= 11 is 0. The van der Waals surface area contributed by atoms with Gasteiger partial charge in [0.2, 0.25) is 5.91 Å². The normalized spacial score (nSPS) is 15.6. The number of fused-ring (bicyclic) bond motifs is 1. The predicted molar refractivity (Wildman–Crippen MR) is 91.8 cm³/mol. The molecule has 1 aliphatic rings. The smallest absolute Gasteiger partial charge is 0.243 e. The number of hydrogen-bond donors (Lipinski definition) is 1. The quantitative estimate of drug-likeness (QED) is 0.814. The van der Waals surface area contributed by atoms with Crippen molar-refractivity contribution in [2.24, 2.45) is 0 Å². The Morgan fingerprint density at radius 1 is 1.09 bits per heavy atom. The number of aryl methyl sites for hydroxylation is 1. The number of carbonyl (C=O) groups excluding carboxylic acids is 1. The first-order chi connectivity index (χ1) is 10.8. The van der Waals surface area contributed by atoms with E-state index in [4.69, 9.17) is 0 Å². The van der Waals surface area contributed by atoms with E-state index in [1.165, 1.54) is 29.2 Å². The Balaban J connectivity index is 1.48. The highest BCUT2D eigenvalue weighted by Crippen LogP contribution is 2.18. The van der Waals surface area contributed by atoms with Crippen molar-refractivity contribution < 1.29 is 4.79 Å². The molecule has 0 bridgehead atoms. The van der Waals surface area contributed by atoms with Crippen LogP contribution in [0.5, 0.6) is 0 Å². The standard InChI is InChI=1S/C20H23NO/c22-20(21-19-10-4-5-11-19)12-6-1-7-16-13-14-17-8-2-3-9-18(17)15-16/h2-3,6,8-9,12-15,19H,1,4-5,7,10-11H2,(H,21,22). The van der Waals surface area contributed by atoms with E-state index < -0.39 is 0 Å². The Bertz CT molecular complexity index is 668. The molecule has 22 heavy (non-hydrogen) atoms. The highest BCUT2D eigenvalue weighted by Gasteiger charge is 2.15. The predicted octanol–water partition coefficient (Wildman–Crippen LogP) is 4.39. The van der Waals surface area contributed by atoms with Gasteiger partial charge in [0.25, 0.3) is 0 Å². The van der Waals surface area contributed by atoms with Gasteiger partial charge in [0, 0.05) is 6.04 Å². The maximum Gasteiger partial charge on any atom is 0.243 e. The Labute approximate surface area is 132 Å². The Morgan fingerprint density at radius 3 is 2.68 bits per heavy atom. The molecule has 0 aliphatic heterocycles. The number of carbonyl (C=O) groups is 1. The molecule has 0 radical (unpaired) electrons. The van der Waals surface area contributed by atoms with Gasteiger partial charge < -0.3 is 5.32 Å². The third kappa shape index (κ3) is 3.97. The molecule has 1 amide bonds. The van der Waals surface area contributed by atoms with Crippen molar-refractivity contribution in [1.29, 1.82) is 0 Å². The SMILES string of the molecule is O=C(C=CCCc1ccc2ccccc2c1)NC1CCCC1. The van der Waals surface area contributed by atoms with Crippen molar-refractivity contribution in [3.63, 3.8) is 0 Å². The van der Waals surface area contributed by atoms with Crippen molar-refractivity contribution >= 4 is 16.7 Å². The second-order valence-corrected chi connectivity index (χ2v) is 6.11. The van der Waals surface area contributed by atoms with Crippen LogP contribution in [0.2, 0.25) is 0 Å². The monoisotopic (exact) mass is 293 g/mol. The summed E-state index contributed by atoms with van der Waals surface area (Å²) in [5.41, 5.74) is 1.32. The summed E-state index contributed by atoms with van der Waals surface area (Å²) < 4.78 is 0. The average molecular weight is 293 g/mol. The maximum atomic E-state index is 11.8. The molecular formula is C20H23NO. The summed E-state index contributed by atoms with van der Waals surface area (Å²) in [6, 6.07) is 15.4. The van der Waals surface area contributed by atoms with E-state index >= 15 is 0 Å². The van der Waals surface area contributed by atoms with Crippen LogP contribution >= 0.6 is 0 Å². The zero-order valence-electron chi connectivity index (χ0n) is 12.9. The minimum absolute atomic E-state index is 0.0606. The van der Waals surface area contributed by atoms with Gasteiger partial charge in [0.1, 0.15) is 0 Å². The Morgan fingerprint density at radius 2 is 1.86 bits per heavy atom. The number of nitrogens with one attached hydrogen (secondary N) is 1. The Hall–Kier alpha value is -2.09. The topological polar surface area (TPSA) is 29.1 Å². The first-order valence-corrected chi connectivity index (χ1v) is 8.26. The van der Waals surface area contributed by atoms with Crippen molar-refractivity contribution in [3.05, 3.63) is 60.2 Å². The van der Waals surface area contributed by atoms with Gasteiger partial charge in [-0.1, -0.05) is 61.4 Å². The van der Waals surface area contributed by atoms with Crippen LogP contribution in [0.25, 0.3) is 10.8 Å². The lowest BCUT2D eigenvalue weighted by Crippen LogP contribution is -2.30. The lowest BCUT2D eigenvalue weighted by atomic mass is 10.0. The first-order valence-electron chi connectivity index (χ1n) is 8.26. The first kappa shape index (κ1) is 14.8. The van der Waals surface area contributed by atoms with Crippen molar-refractivity contribution in [2.45, 2.75) is 44.6 Å². The summed E-state index contributed by atoms with van der Waals surface area (Å²) in [6.45, 7) is 0. The summed E-state index contributed by atoms with van der Waals surface area (Å²) in [5.74, 6) is 0.0606. The van der Waals surface area contributed by atoms with Gasteiger partial charge in [-0.25, -0.2) is 0 Å². The second-order valence-electron chi connectivity index (χ2n) is 6.11. The van der Waals surface area contributed by atoms with Crippen LogP contribution < -0.4 is 5.32 Å². The van der Waals surface area contributed by atoms with Crippen LogP contribution in [0.4, 0.5) is 0 Å². The molecule has 0 unspecified atom stereocenters. The summed E-state index contributed by atoms with van der Waals surface area (Å²) in [5, 5.41) is 5.63. The Kier molecular flexibility index (Phi) is 4.89. The molecule has 1 saturated carbocycles. The maximum absolute atomic E-state index is 11.8. The number of benzene rings is 2. The van der Waals surface area contributed by atoms with Crippen molar-refractivity contribution in [3.8, 4) is 0 Å². The van der Waals surface area contributed by atoms with E-state index in [0.29, 0.717) is 6.04 Å². The minimum atomic E-state index is 0.0606. The van der Waals surface area contributed by atoms with E-state index in [9.17, 15) is 4.79 Å². The molecule has 2 aromatic rings. The van der Waals surface area contributed by atoms with Crippen LogP contribution in [0.1, 0.15) is 37.7 Å². The molecule has 0 aromatic heterocycles. The molecule has 0 atom stereocenters. The van der Waals surface area contributed by atoms with Crippen LogP contribution in [0.15, 0.2) is 54.6 Å². The molecular weight excluding hydrogens is 270 g/mol. The fourth-order valence-electron chi connectivity index (χ4n) is 3.15. The van der Waals surface area contributed by atoms with Gasteiger partial charge >= 0.3 is 0 Å². The number of rotatable bonds is 5. The van der Waals surface area contributed by atoms with E-state index in [2.05, 4.69) is 47.8 Å². The van der Waals surface area contributed by atoms with Gasteiger partial charge in [-0.3, -0.25) is 4.79 Å². The van der Waals surface area contributed by atoms with Crippen LogP contribution in [0.3, 0.4) is 0 Å². The molecule has 1 N–H and O–H groups in total. The molecule has 114 valence electrons. The van der Waals surface area contributed by atoms with Gasteiger partial charge in [0.05, 0.1) is 0 Å². The second kappa shape index (κ2) is 7.26. The third-order valence-electron chi connectivity index (χ3n) is 4.38. The van der Waals surface area contributed by atoms with Gasteiger partial charge in [-0.05, 0) is 48.1 Å². The molecule has 2 heteroatoms. The molecule has 1 aliphatic carbocycles. The highest BCUT2D eigenvalue weighted by atomic mass is 16.1. The number of hydrogen-bond acceptors (Lipinski definition) is 1.